The molecule has 130 valence electrons. The van der Waals surface area contributed by atoms with Crippen molar-refractivity contribution in [3.05, 3.63) is 40.9 Å². The zero-order valence-electron chi connectivity index (χ0n) is 14.1. The number of ether oxygens (including phenoxy) is 2. The van der Waals surface area contributed by atoms with Crippen LogP contribution in [0.25, 0.3) is 22.2 Å². The Kier molecular flexibility index (Phi) is 4.96. The molecule has 0 atom stereocenters. The van der Waals surface area contributed by atoms with Gasteiger partial charge in [0.2, 0.25) is 0 Å². The first-order valence-corrected chi connectivity index (χ1v) is 8.05. The molecule has 3 heterocycles. The summed E-state index contributed by atoms with van der Waals surface area (Å²) in [4.78, 5) is 21.2. The van der Waals surface area contributed by atoms with Crippen molar-refractivity contribution in [2.24, 2.45) is 0 Å². The molecule has 0 aliphatic carbocycles. The molecule has 0 aliphatic heterocycles. The molecule has 0 aromatic carbocycles. The molecule has 0 saturated heterocycles. The quantitative estimate of drug-likeness (QED) is 0.650. The summed E-state index contributed by atoms with van der Waals surface area (Å²) in [5.74, 6) is -0.499. The highest BCUT2D eigenvalue weighted by Crippen LogP contribution is 2.34. The number of rotatable bonds is 5. The third-order valence-electron chi connectivity index (χ3n) is 3.82. The Morgan fingerprint density at radius 1 is 1.28 bits per heavy atom. The second kappa shape index (κ2) is 7.16. The van der Waals surface area contributed by atoms with Gasteiger partial charge in [-0.25, -0.2) is 14.5 Å². The summed E-state index contributed by atoms with van der Waals surface area (Å²) in [5, 5.41) is 5.55. The van der Waals surface area contributed by atoms with Crippen LogP contribution in [0.15, 0.2) is 24.7 Å². The molecular weight excluding hydrogens is 344 g/mol. The van der Waals surface area contributed by atoms with Crippen LogP contribution in [-0.2, 0) is 22.6 Å². The van der Waals surface area contributed by atoms with Gasteiger partial charge in [0.05, 0.1) is 36.2 Å². The van der Waals surface area contributed by atoms with Gasteiger partial charge < -0.3 is 9.47 Å². The zero-order valence-corrected chi connectivity index (χ0v) is 14.9. The van der Waals surface area contributed by atoms with Gasteiger partial charge in [-0.1, -0.05) is 11.6 Å². The molecule has 0 amide bonds. The first kappa shape index (κ1) is 17.3. The van der Waals surface area contributed by atoms with Gasteiger partial charge in [0.15, 0.2) is 5.65 Å². The normalized spacial score (nSPS) is 11.0. The number of methoxy groups -OCH3 is 2. The van der Waals surface area contributed by atoms with Gasteiger partial charge in [-0.15, -0.1) is 0 Å². The first-order chi connectivity index (χ1) is 12.1. The number of carbonyl (C=O) groups excluding carboxylic acids is 1. The minimum atomic E-state index is -0.499. The number of aryl methyl sites for hydroxylation is 1. The van der Waals surface area contributed by atoms with Gasteiger partial charge in [-0.3, -0.25) is 4.98 Å². The molecule has 0 spiro atoms. The maximum Gasteiger partial charge on any atom is 0.340 e. The fourth-order valence-electron chi connectivity index (χ4n) is 2.78. The summed E-state index contributed by atoms with van der Waals surface area (Å²) in [6.45, 7) is 2.78. The molecule has 7 nitrogen and oxygen atoms in total. The maximum atomic E-state index is 12.5. The predicted octanol–water partition coefficient (Wildman–Crippen LogP) is 3.10. The van der Waals surface area contributed by atoms with Crippen LogP contribution in [0, 0.1) is 0 Å². The van der Waals surface area contributed by atoms with Gasteiger partial charge in [0, 0.05) is 42.6 Å². The van der Waals surface area contributed by atoms with Crippen molar-refractivity contribution in [3.63, 3.8) is 0 Å². The minimum Gasteiger partial charge on any atom is -0.465 e. The Labute approximate surface area is 149 Å². The largest absolute Gasteiger partial charge is 0.465 e. The number of carbonyl (C=O) groups is 1. The van der Waals surface area contributed by atoms with Crippen LogP contribution in [0.3, 0.4) is 0 Å². The molecule has 0 fully saturated rings. The van der Waals surface area contributed by atoms with Crippen LogP contribution in [0.2, 0.25) is 5.02 Å². The van der Waals surface area contributed by atoms with Crippen LogP contribution in [0.5, 0.6) is 0 Å². The van der Waals surface area contributed by atoms with E-state index in [-0.39, 0.29) is 6.61 Å². The highest BCUT2D eigenvalue weighted by molar-refractivity contribution is 6.30. The van der Waals surface area contributed by atoms with Crippen LogP contribution >= 0.6 is 11.6 Å². The van der Waals surface area contributed by atoms with Gasteiger partial charge in [0.1, 0.15) is 0 Å². The van der Waals surface area contributed by atoms with Gasteiger partial charge >= 0.3 is 5.97 Å². The molecule has 0 unspecified atom stereocenters. The maximum absolute atomic E-state index is 12.5. The van der Waals surface area contributed by atoms with Crippen molar-refractivity contribution in [3.8, 4) is 11.1 Å². The highest BCUT2D eigenvalue weighted by Gasteiger charge is 2.25. The first-order valence-electron chi connectivity index (χ1n) is 7.67. The number of hydrogen-bond donors (Lipinski definition) is 0. The molecule has 3 rings (SSSR count). The van der Waals surface area contributed by atoms with Crippen molar-refractivity contribution in [2.75, 3.05) is 14.2 Å². The number of fused-ring (bicyclic) bond motifs is 1. The van der Waals surface area contributed by atoms with Crippen molar-refractivity contribution in [1.82, 2.24) is 19.7 Å². The molecule has 0 radical (unpaired) electrons. The molecule has 0 bridgehead atoms. The average molecular weight is 361 g/mol. The lowest BCUT2D eigenvalue weighted by molar-refractivity contribution is 0.0596. The number of nitrogens with zero attached hydrogens (tertiary/aromatic N) is 4. The third kappa shape index (κ3) is 3.08. The molecule has 0 aliphatic rings. The number of esters is 1. The van der Waals surface area contributed by atoms with Crippen molar-refractivity contribution < 1.29 is 14.3 Å². The second-order valence-corrected chi connectivity index (χ2v) is 5.76. The van der Waals surface area contributed by atoms with Crippen LogP contribution in [0.1, 0.15) is 23.0 Å². The molecular formula is C17H17ClN4O3. The van der Waals surface area contributed by atoms with E-state index in [0.717, 1.165) is 5.39 Å². The molecule has 25 heavy (non-hydrogen) atoms. The predicted molar refractivity (Wildman–Crippen MR) is 93.5 cm³/mol. The standard InChI is InChI=1S/C17H17ClN4O3/c1-4-22-16-12(8-20-22)14(10-5-11(18)7-19-6-10)15(17(23)25-3)13(21-16)9-24-2/h5-8H,4,9H2,1-3H3. The van der Waals surface area contributed by atoms with Gasteiger partial charge in [-0.05, 0) is 13.0 Å². The Morgan fingerprint density at radius 3 is 2.72 bits per heavy atom. The molecule has 3 aromatic heterocycles. The molecule has 0 N–H and O–H groups in total. The summed E-state index contributed by atoms with van der Waals surface area (Å²) in [6.07, 6.45) is 4.87. The lowest BCUT2D eigenvalue weighted by Crippen LogP contribution is -2.12. The Morgan fingerprint density at radius 2 is 2.08 bits per heavy atom. The average Bonchev–Trinajstić information content (AvgIpc) is 3.02. The summed E-state index contributed by atoms with van der Waals surface area (Å²) in [7, 11) is 2.88. The van der Waals surface area contributed by atoms with Crippen molar-refractivity contribution in [2.45, 2.75) is 20.1 Å². The lowest BCUT2D eigenvalue weighted by atomic mass is 9.97. The lowest BCUT2D eigenvalue weighted by Gasteiger charge is -2.14. The number of pyridine rings is 2. The fourth-order valence-corrected chi connectivity index (χ4v) is 2.95. The van der Waals surface area contributed by atoms with E-state index in [9.17, 15) is 4.79 Å². The summed E-state index contributed by atoms with van der Waals surface area (Å²) in [6, 6.07) is 1.75. The Balaban J connectivity index is 2.44. The molecule has 0 saturated carbocycles. The topological polar surface area (TPSA) is 79.1 Å². The van der Waals surface area contributed by atoms with E-state index in [1.807, 2.05) is 6.92 Å². The Bertz CT molecular complexity index is 939. The summed E-state index contributed by atoms with van der Waals surface area (Å²) in [5.41, 5.74) is 2.80. The SMILES string of the molecule is CCn1ncc2c(-c3cncc(Cl)c3)c(C(=O)OC)c(COC)nc21. The van der Waals surface area contributed by atoms with Gasteiger partial charge in [-0.2, -0.15) is 5.10 Å². The molecule has 8 heteroatoms. The Hall–Kier alpha value is -2.51. The zero-order chi connectivity index (χ0) is 18.0. The number of halogens is 1. The van der Waals surface area contributed by atoms with E-state index in [1.54, 1.807) is 30.3 Å². The monoisotopic (exact) mass is 360 g/mol. The number of hydrogen-bond acceptors (Lipinski definition) is 6. The van der Waals surface area contributed by atoms with E-state index in [2.05, 4.69) is 15.1 Å². The third-order valence-corrected chi connectivity index (χ3v) is 4.03. The van der Waals surface area contributed by atoms with Crippen LogP contribution in [-0.4, -0.2) is 39.9 Å². The van der Waals surface area contributed by atoms with E-state index < -0.39 is 5.97 Å². The van der Waals surface area contributed by atoms with Crippen molar-refractivity contribution in [1.29, 1.82) is 0 Å². The van der Waals surface area contributed by atoms with E-state index in [4.69, 9.17) is 21.1 Å². The summed E-state index contributed by atoms with van der Waals surface area (Å²) < 4.78 is 12.0. The fraction of sp³-hybridized carbons (Fsp3) is 0.294. The minimum absolute atomic E-state index is 0.163. The van der Waals surface area contributed by atoms with Crippen LogP contribution in [0.4, 0.5) is 0 Å². The van der Waals surface area contributed by atoms with E-state index in [1.165, 1.54) is 13.3 Å². The summed E-state index contributed by atoms with van der Waals surface area (Å²) >= 11 is 6.11. The van der Waals surface area contributed by atoms with Gasteiger partial charge in [0.25, 0.3) is 0 Å². The number of aromatic nitrogens is 4. The van der Waals surface area contributed by atoms with Crippen molar-refractivity contribution >= 4 is 28.6 Å². The second-order valence-electron chi connectivity index (χ2n) is 5.32. The smallest absolute Gasteiger partial charge is 0.340 e. The van der Waals surface area contributed by atoms with E-state index in [0.29, 0.717) is 39.6 Å². The van der Waals surface area contributed by atoms with Crippen LogP contribution < -0.4 is 0 Å². The molecule has 3 aromatic rings. The van der Waals surface area contributed by atoms with E-state index >= 15 is 0 Å². The highest BCUT2D eigenvalue weighted by atomic mass is 35.5.